The van der Waals surface area contributed by atoms with Crippen LogP contribution in [0.5, 0.6) is 0 Å². The topological polar surface area (TPSA) is 92.5 Å². The largest absolute Gasteiger partial charge is 0.490 e. The molecule has 1 aliphatic rings. The number of hydrogen-bond donors (Lipinski definition) is 3. The Bertz CT molecular complexity index is 1270. The van der Waals surface area contributed by atoms with Gasteiger partial charge in [-0.2, -0.15) is 13.2 Å². The summed E-state index contributed by atoms with van der Waals surface area (Å²) in [4.78, 5) is 27.7. The maximum atomic E-state index is 12.9. The van der Waals surface area contributed by atoms with Crippen LogP contribution >= 0.6 is 11.6 Å². The van der Waals surface area contributed by atoms with Gasteiger partial charge in [0.15, 0.2) is 0 Å². The normalized spacial score (nSPS) is 16.2. The lowest BCUT2D eigenvalue weighted by Crippen LogP contribution is -2.38. The number of aromatic nitrogens is 1. The van der Waals surface area contributed by atoms with Crippen molar-refractivity contribution in [1.82, 2.24) is 15.6 Å². The lowest BCUT2D eigenvalue weighted by atomic mass is 10.0. The summed E-state index contributed by atoms with van der Waals surface area (Å²) in [6.07, 6.45) is -2.41. The number of benzene rings is 2. The molecular formula is C27H29ClF3N3O4. The van der Waals surface area contributed by atoms with Gasteiger partial charge in [-0.3, -0.25) is 4.79 Å². The van der Waals surface area contributed by atoms with Gasteiger partial charge >= 0.3 is 12.1 Å². The molecule has 0 aliphatic carbocycles. The molecule has 38 heavy (non-hydrogen) atoms. The Hall–Kier alpha value is -3.08. The van der Waals surface area contributed by atoms with Gasteiger partial charge in [0.25, 0.3) is 5.91 Å². The van der Waals surface area contributed by atoms with Gasteiger partial charge in [-0.1, -0.05) is 35.9 Å². The van der Waals surface area contributed by atoms with Crippen molar-refractivity contribution >= 4 is 34.4 Å². The average molecular weight is 552 g/mol. The van der Waals surface area contributed by atoms with Crippen molar-refractivity contribution in [3.8, 4) is 0 Å². The number of carbonyl (C=O) groups excluding carboxylic acids is 2. The van der Waals surface area contributed by atoms with Crippen LogP contribution in [0.25, 0.3) is 10.9 Å². The zero-order chi connectivity index (χ0) is 27.3. The highest BCUT2D eigenvalue weighted by molar-refractivity contribution is 6.30. The number of rotatable bonds is 9. The Morgan fingerprint density at radius 1 is 1.18 bits per heavy atom. The van der Waals surface area contributed by atoms with Crippen LogP contribution < -0.4 is 10.6 Å². The predicted molar refractivity (Wildman–Crippen MR) is 137 cm³/mol. The molecule has 1 saturated heterocycles. The molecule has 3 N–H and O–H groups in total. The molecule has 2 heterocycles. The van der Waals surface area contributed by atoms with Crippen LogP contribution in [0.1, 0.15) is 47.4 Å². The van der Waals surface area contributed by atoms with Crippen LogP contribution in [-0.2, 0) is 20.7 Å². The van der Waals surface area contributed by atoms with E-state index in [0.717, 1.165) is 29.3 Å². The van der Waals surface area contributed by atoms with Gasteiger partial charge in [0.2, 0.25) is 0 Å². The number of halogens is 4. The van der Waals surface area contributed by atoms with Crippen molar-refractivity contribution in [3.05, 3.63) is 70.4 Å². The van der Waals surface area contributed by atoms with E-state index in [9.17, 15) is 22.8 Å². The number of nitrogens with one attached hydrogen (secondary N) is 3. The quantitative estimate of drug-likeness (QED) is 0.322. The summed E-state index contributed by atoms with van der Waals surface area (Å²) in [7, 11) is 0. The van der Waals surface area contributed by atoms with Crippen LogP contribution in [0.3, 0.4) is 0 Å². The van der Waals surface area contributed by atoms with Gasteiger partial charge in [-0.15, -0.1) is 0 Å². The second kappa shape index (κ2) is 12.2. The third-order valence-corrected chi connectivity index (χ3v) is 6.72. The van der Waals surface area contributed by atoms with Crippen molar-refractivity contribution in [3.63, 3.8) is 0 Å². The number of para-hydroxylation sites is 1. The van der Waals surface area contributed by atoms with Crippen LogP contribution in [0, 0.1) is 0 Å². The number of carbonyl (C=O) groups is 2. The van der Waals surface area contributed by atoms with E-state index in [0.29, 0.717) is 35.8 Å². The van der Waals surface area contributed by atoms with Crippen LogP contribution in [0.2, 0.25) is 5.02 Å². The zero-order valence-corrected chi connectivity index (χ0v) is 21.5. The average Bonchev–Trinajstić information content (AvgIpc) is 3.29. The van der Waals surface area contributed by atoms with Crippen molar-refractivity contribution in [2.24, 2.45) is 0 Å². The van der Waals surface area contributed by atoms with E-state index in [4.69, 9.17) is 21.1 Å². The van der Waals surface area contributed by atoms with E-state index in [1.807, 2.05) is 25.3 Å². The maximum absolute atomic E-state index is 12.9. The molecule has 1 amide bonds. The fourth-order valence-corrected chi connectivity index (χ4v) is 4.72. The van der Waals surface area contributed by atoms with E-state index in [2.05, 4.69) is 15.6 Å². The Morgan fingerprint density at radius 3 is 2.63 bits per heavy atom. The molecule has 1 fully saturated rings. The summed E-state index contributed by atoms with van der Waals surface area (Å²) in [6, 6.07) is 11.6. The van der Waals surface area contributed by atoms with Gasteiger partial charge in [0.05, 0.1) is 11.1 Å². The summed E-state index contributed by atoms with van der Waals surface area (Å²) in [5.74, 6) is -2.42. The van der Waals surface area contributed by atoms with Crippen molar-refractivity contribution in [2.75, 3.05) is 19.8 Å². The summed E-state index contributed by atoms with van der Waals surface area (Å²) >= 11 is 6.00. The van der Waals surface area contributed by atoms with E-state index >= 15 is 0 Å². The number of ether oxygens (including phenoxy) is 2. The number of esters is 1. The second-order valence-corrected chi connectivity index (χ2v) is 9.80. The van der Waals surface area contributed by atoms with Crippen LogP contribution in [-0.4, -0.2) is 54.9 Å². The molecule has 2 aromatic carbocycles. The monoisotopic (exact) mass is 551 g/mol. The zero-order valence-electron chi connectivity index (χ0n) is 20.7. The Labute approximate surface area is 223 Å². The van der Waals surface area contributed by atoms with E-state index in [1.54, 1.807) is 24.3 Å². The summed E-state index contributed by atoms with van der Waals surface area (Å²) in [6.45, 7) is 3.08. The molecule has 3 aromatic rings. The molecular weight excluding hydrogens is 523 g/mol. The highest BCUT2D eigenvalue weighted by Crippen LogP contribution is 2.27. The maximum Gasteiger partial charge on any atom is 0.490 e. The number of amides is 1. The highest BCUT2D eigenvalue weighted by atomic mass is 35.5. The number of H-pyrrole nitrogens is 1. The molecule has 0 bridgehead atoms. The van der Waals surface area contributed by atoms with Gasteiger partial charge in [0.1, 0.15) is 6.10 Å². The SMILES string of the molecule is C[C@H](Cc1c[nH]c2c(C(=O)NC3CCOCC3)cccc12)NC[C@@H](OC(=O)C(F)(F)F)c1cccc(Cl)c1. The van der Waals surface area contributed by atoms with E-state index < -0.39 is 18.2 Å². The predicted octanol–water partition coefficient (Wildman–Crippen LogP) is 5.10. The van der Waals surface area contributed by atoms with Crippen molar-refractivity contribution < 1.29 is 32.2 Å². The number of aromatic amines is 1. The number of fused-ring (bicyclic) bond motifs is 1. The van der Waals surface area contributed by atoms with Crippen LogP contribution in [0.4, 0.5) is 13.2 Å². The lowest BCUT2D eigenvalue weighted by Gasteiger charge is -2.23. The molecule has 11 heteroatoms. The van der Waals surface area contributed by atoms with E-state index in [-0.39, 0.29) is 24.5 Å². The second-order valence-electron chi connectivity index (χ2n) is 9.36. The third kappa shape index (κ3) is 7.06. The first-order valence-electron chi connectivity index (χ1n) is 12.4. The molecule has 4 rings (SSSR count). The number of alkyl halides is 3. The molecule has 0 radical (unpaired) electrons. The van der Waals surface area contributed by atoms with Gasteiger partial charge in [-0.05, 0) is 55.5 Å². The third-order valence-electron chi connectivity index (χ3n) is 6.48. The molecule has 204 valence electrons. The smallest absolute Gasteiger partial charge is 0.449 e. The highest BCUT2D eigenvalue weighted by Gasteiger charge is 2.42. The van der Waals surface area contributed by atoms with Gasteiger partial charge < -0.3 is 25.1 Å². The summed E-state index contributed by atoms with van der Waals surface area (Å²) in [5.41, 5.74) is 2.55. The van der Waals surface area contributed by atoms with Crippen LogP contribution in [0.15, 0.2) is 48.7 Å². The minimum absolute atomic E-state index is 0.0511. The fraction of sp³-hybridized carbons (Fsp3) is 0.407. The van der Waals surface area contributed by atoms with Gasteiger partial charge in [-0.25, -0.2) is 4.79 Å². The molecule has 0 saturated carbocycles. The lowest BCUT2D eigenvalue weighted by molar-refractivity contribution is -0.205. The summed E-state index contributed by atoms with van der Waals surface area (Å²) in [5, 5.41) is 7.43. The first-order valence-corrected chi connectivity index (χ1v) is 12.7. The molecule has 0 spiro atoms. The van der Waals surface area contributed by atoms with Crippen molar-refractivity contribution in [2.45, 2.75) is 50.6 Å². The first kappa shape index (κ1) is 27.9. The Kier molecular flexibility index (Phi) is 8.96. The fourth-order valence-electron chi connectivity index (χ4n) is 4.52. The minimum atomic E-state index is -5.11. The Balaban J connectivity index is 1.43. The molecule has 2 atom stereocenters. The molecule has 0 unspecified atom stereocenters. The minimum Gasteiger partial charge on any atom is -0.449 e. The van der Waals surface area contributed by atoms with E-state index in [1.165, 1.54) is 6.07 Å². The number of hydrogen-bond acceptors (Lipinski definition) is 5. The summed E-state index contributed by atoms with van der Waals surface area (Å²) < 4.78 is 48.7. The Morgan fingerprint density at radius 2 is 1.92 bits per heavy atom. The standard InChI is InChI=1S/C27H29ClF3N3O4/c1-16(32-15-23(38-26(36)27(29,30)31)17-4-2-5-19(28)13-17)12-18-14-33-24-21(18)6-3-7-22(24)25(35)34-20-8-10-37-11-9-20/h2-7,13-14,16,20,23,32-33H,8-12,15H2,1H3,(H,34,35)/t16-,23-/m1/s1. The van der Waals surface area contributed by atoms with Crippen molar-refractivity contribution in [1.29, 1.82) is 0 Å². The molecule has 1 aromatic heterocycles. The molecule has 1 aliphatic heterocycles. The molecule has 7 nitrogen and oxygen atoms in total. The van der Waals surface area contributed by atoms with Gasteiger partial charge in [0, 0.05) is 48.4 Å². The first-order chi connectivity index (χ1) is 18.1.